The molecule has 0 aromatic carbocycles. The van der Waals surface area contributed by atoms with Gasteiger partial charge in [0.1, 0.15) is 0 Å². The van der Waals surface area contributed by atoms with Gasteiger partial charge in [0.2, 0.25) is 0 Å². The van der Waals surface area contributed by atoms with Crippen LogP contribution in [0.2, 0.25) is 0 Å². The third-order valence-electron chi connectivity index (χ3n) is 6.13. The fourth-order valence-corrected chi connectivity index (χ4v) is 5.81. The van der Waals surface area contributed by atoms with Crippen LogP contribution in [0.4, 0.5) is 0 Å². The Morgan fingerprint density at radius 3 is 3.07 bits per heavy atom. The summed E-state index contributed by atoms with van der Waals surface area (Å²) in [6.07, 6.45) is 6.73. The van der Waals surface area contributed by atoms with Crippen molar-refractivity contribution in [1.82, 2.24) is 15.2 Å². The first-order chi connectivity index (χ1) is 13.7. The third-order valence-corrected chi connectivity index (χ3v) is 7.36. The molecule has 2 aromatic heterocycles. The monoisotopic (exact) mass is 397 g/mol. The summed E-state index contributed by atoms with van der Waals surface area (Å²) >= 11 is 1.66. The lowest BCUT2D eigenvalue weighted by atomic mass is 9.93. The number of amides is 2. The van der Waals surface area contributed by atoms with Crippen molar-refractivity contribution in [3.8, 4) is 0 Å². The summed E-state index contributed by atoms with van der Waals surface area (Å²) in [5.41, 5.74) is 1.92. The molecule has 2 amide bonds. The summed E-state index contributed by atoms with van der Waals surface area (Å²) in [4.78, 5) is 33.4. The first-order valence-electron chi connectivity index (χ1n) is 9.90. The van der Waals surface area contributed by atoms with E-state index >= 15 is 0 Å². The van der Waals surface area contributed by atoms with Gasteiger partial charge >= 0.3 is 0 Å². The number of thiophene rings is 1. The third kappa shape index (κ3) is 3.22. The van der Waals surface area contributed by atoms with E-state index in [0.717, 1.165) is 17.7 Å². The number of aromatic nitrogens is 1. The average molecular weight is 398 g/mol. The number of fused-ring (bicyclic) bond motifs is 2. The van der Waals surface area contributed by atoms with Gasteiger partial charge in [-0.1, -0.05) is 0 Å². The number of aryl methyl sites for hydroxylation is 2. The predicted molar refractivity (Wildman–Crippen MR) is 106 cm³/mol. The zero-order chi connectivity index (χ0) is 19.1. The van der Waals surface area contributed by atoms with Crippen molar-refractivity contribution in [2.75, 3.05) is 26.2 Å². The van der Waals surface area contributed by atoms with Crippen LogP contribution in [0, 0.1) is 11.8 Å². The van der Waals surface area contributed by atoms with Crippen molar-refractivity contribution < 1.29 is 14.3 Å². The van der Waals surface area contributed by atoms with E-state index in [9.17, 15) is 9.59 Å². The molecule has 2 aliphatic heterocycles. The highest BCUT2D eigenvalue weighted by atomic mass is 32.1. The summed E-state index contributed by atoms with van der Waals surface area (Å²) in [7, 11) is 0. The highest BCUT2D eigenvalue weighted by Gasteiger charge is 2.45. The molecule has 0 saturated carbocycles. The van der Waals surface area contributed by atoms with Crippen LogP contribution < -0.4 is 5.32 Å². The molecule has 0 radical (unpaired) electrons. The Balaban J connectivity index is 1.19. The van der Waals surface area contributed by atoms with Gasteiger partial charge in [-0.15, -0.1) is 11.3 Å². The molecule has 3 atom stereocenters. The Kier molecular flexibility index (Phi) is 4.64. The second-order valence-corrected chi connectivity index (χ2v) is 9.01. The van der Waals surface area contributed by atoms with Gasteiger partial charge in [0.05, 0.1) is 23.2 Å². The van der Waals surface area contributed by atoms with Gasteiger partial charge in [-0.25, -0.2) is 0 Å². The molecule has 1 aliphatic carbocycles. The van der Waals surface area contributed by atoms with Crippen LogP contribution in [0.25, 0.3) is 0 Å². The molecule has 2 saturated heterocycles. The lowest BCUT2D eigenvalue weighted by Crippen LogP contribution is -2.35. The van der Waals surface area contributed by atoms with Crippen LogP contribution in [0.15, 0.2) is 30.6 Å². The number of hydrogen-bond donors (Lipinski definition) is 1. The van der Waals surface area contributed by atoms with E-state index in [-0.39, 0.29) is 29.8 Å². The molecule has 7 heteroatoms. The molecule has 146 valence electrons. The van der Waals surface area contributed by atoms with Gasteiger partial charge in [0.25, 0.3) is 11.8 Å². The molecule has 2 fully saturated rings. The Bertz CT molecular complexity index is 876. The number of hydrogen-bond acceptors (Lipinski definition) is 5. The van der Waals surface area contributed by atoms with E-state index in [1.807, 2.05) is 4.90 Å². The van der Waals surface area contributed by atoms with E-state index in [4.69, 9.17) is 4.74 Å². The number of carbonyl (C=O) groups excluding carboxylic acids is 2. The van der Waals surface area contributed by atoms with Gasteiger partial charge in [-0.2, -0.15) is 0 Å². The summed E-state index contributed by atoms with van der Waals surface area (Å²) in [6.45, 7) is 2.56. The van der Waals surface area contributed by atoms with E-state index < -0.39 is 0 Å². The summed E-state index contributed by atoms with van der Waals surface area (Å²) < 4.78 is 5.95. The van der Waals surface area contributed by atoms with Gasteiger partial charge in [-0.05, 0) is 43.0 Å². The number of rotatable bonds is 4. The Morgan fingerprint density at radius 1 is 1.32 bits per heavy atom. The van der Waals surface area contributed by atoms with E-state index in [2.05, 4.69) is 16.4 Å². The lowest BCUT2D eigenvalue weighted by molar-refractivity contribution is 0.0678. The largest absolute Gasteiger partial charge is 0.376 e. The normalized spacial score (nSPS) is 25.6. The maximum absolute atomic E-state index is 12.9. The fourth-order valence-electron chi connectivity index (χ4n) is 4.59. The van der Waals surface area contributed by atoms with E-state index in [0.29, 0.717) is 31.8 Å². The zero-order valence-electron chi connectivity index (χ0n) is 15.6. The van der Waals surface area contributed by atoms with Crippen LogP contribution >= 0.6 is 11.3 Å². The number of carbonyl (C=O) groups is 2. The summed E-state index contributed by atoms with van der Waals surface area (Å²) in [6, 6.07) is 5.60. The second-order valence-electron chi connectivity index (χ2n) is 7.87. The Labute approximate surface area is 167 Å². The fraction of sp³-hybridized carbons (Fsp3) is 0.476. The van der Waals surface area contributed by atoms with Gasteiger partial charge in [0.15, 0.2) is 0 Å². The number of nitrogens with one attached hydrogen (secondary N) is 1. The zero-order valence-corrected chi connectivity index (χ0v) is 16.4. The average Bonchev–Trinajstić information content (AvgIpc) is 3.46. The van der Waals surface area contributed by atoms with Gasteiger partial charge in [-0.3, -0.25) is 14.6 Å². The Morgan fingerprint density at radius 2 is 2.25 bits per heavy atom. The topological polar surface area (TPSA) is 71.5 Å². The summed E-state index contributed by atoms with van der Waals surface area (Å²) in [5.74, 6) is 0.535. The van der Waals surface area contributed by atoms with Crippen LogP contribution in [-0.2, 0) is 17.6 Å². The molecule has 3 aliphatic rings. The minimum Gasteiger partial charge on any atom is -0.376 e. The van der Waals surface area contributed by atoms with Crippen molar-refractivity contribution in [2.24, 2.45) is 11.8 Å². The SMILES string of the molecule is O=C(NC[C@@H]1CO[C@@H]2CN(C(=O)c3cc4c(s3)CCC4)C[C@H]12)c1cccnc1. The van der Waals surface area contributed by atoms with Crippen LogP contribution in [0.5, 0.6) is 0 Å². The van der Waals surface area contributed by atoms with Crippen LogP contribution in [0.3, 0.4) is 0 Å². The molecule has 2 aromatic rings. The first kappa shape index (κ1) is 17.8. The minimum absolute atomic E-state index is 0.0797. The van der Waals surface area contributed by atoms with Crippen molar-refractivity contribution in [1.29, 1.82) is 0 Å². The molecular formula is C21H23N3O3S. The molecular weight excluding hydrogens is 374 g/mol. The number of likely N-dealkylation sites (tertiary alicyclic amines) is 1. The molecule has 0 bridgehead atoms. The van der Waals surface area contributed by atoms with Crippen molar-refractivity contribution in [2.45, 2.75) is 25.4 Å². The van der Waals surface area contributed by atoms with Crippen LogP contribution in [0.1, 0.15) is 36.9 Å². The molecule has 0 spiro atoms. The van der Waals surface area contributed by atoms with Crippen molar-refractivity contribution >= 4 is 23.2 Å². The van der Waals surface area contributed by atoms with Gasteiger partial charge < -0.3 is 15.0 Å². The first-order valence-corrected chi connectivity index (χ1v) is 10.7. The highest BCUT2D eigenvalue weighted by molar-refractivity contribution is 7.14. The maximum atomic E-state index is 12.9. The predicted octanol–water partition coefficient (Wildman–Crippen LogP) is 2.15. The number of ether oxygens (including phenoxy) is 1. The lowest BCUT2D eigenvalue weighted by Gasteiger charge is -2.19. The minimum atomic E-state index is -0.115. The summed E-state index contributed by atoms with van der Waals surface area (Å²) in [5, 5.41) is 2.99. The molecule has 28 heavy (non-hydrogen) atoms. The quantitative estimate of drug-likeness (QED) is 0.858. The van der Waals surface area contributed by atoms with Crippen molar-refractivity contribution in [3.63, 3.8) is 0 Å². The molecule has 5 rings (SSSR count). The highest BCUT2D eigenvalue weighted by Crippen LogP contribution is 2.36. The molecule has 0 unspecified atom stereocenters. The molecule has 4 heterocycles. The van der Waals surface area contributed by atoms with E-state index in [1.165, 1.54) is 16.9 Å². The standard InChI is InChI=1S/C21H23N3O3S/c25-20(14-4-2-6-22-8-14)23-9-15-12-27-17-11-24(10-16(15)17)21(26)19-7-13-3-1-5-18(13)28-19/h2,4,6-8,15-17H,1,3,5,9-12H2,(H,23,25)/t15-,16-,17-/m1/s1. The van der Waals surface area contributed by atoms with Crippen LogP contribution in [-0.4, -0.2) is 54.0 Å². The number of nitrogens with zero attached hydrogens (tertiary/aromatic N) is 2. The van der Waals surface area contributed by atoms with Gasteiger partial charge in [0, 0.05) is 48.7 Å². The number of pyridine rings is 1. The van der Waals surface area contributed by atoms with E-state index in [1.54, 1.807) is 35.9 Å². The Hall–Kier alpha value is -2.25. The molecule has 1 N–H and O–H groups in total. The van der Waals surface area contributed by atoms with Crippen molar-refractivity contribution in [3.05, 3.63) is 51.5 Å². The maximum Gasteiger partial charge on any atom is 0.264 e. The second kappa shape index (κ2) is 7.29. The molecule has 6 nitrogen and oxygen atoms in total. The smallest absolute Gasteiger partial charge is 0.264 e.